The number of hydrogen-bond donors (Lipinski definition) is 1. The summed E-state index contributed by atoms with van der Waals surface area (Å²) in [7, 11) is 4.77. The van der Waals surface area contributed by atoms with Crippen molar-refractivity contribution in [3.8, 4) is 17.2 Å². The van der Waals surface area contributed by atoms with Crippen LogP contribution in [0.4, 0.5) is 0 Å². The third-order valence-corrected chi connectivity index (χ3v) is 4.54. The molecule has 2 rings (SSSR count). The standard InChI is InChI=1S/C17H26O4/c1-11-5-7-12(8-6-11)16(18)13-9-14(19-2)17(21-4)15(10-13)20-3/h9-12,16,18H,5-8H2,1-4H3. The summed E-state index contributed by atoms with van der Waals surface area (Å²) < 4.78 is 16.0. The molecule has 1 fully saturated rings. The number of ether oxygens (including phenoxy) is 3. The lowest BCUT2D eigenvalue weighted by molar-refractivity contribution is 0.0751. The van der Waals surface area contributed by atoms with Gasteiger partial charge in [-0.3, -0.25) is 0 Å². The van der Waals surface area contributed by atoms with Gasteiger partial charge in [0.05, 0.1) is 27.4 Å². The van der Waals surface area contributed by atoms with Crippen LogP contribution in [0.15, 0.2) is 12.1 Å². The summed E-state index contributed by atoms with van der Waals surface area (Å²) in [6.45, 7) is 2.28. The van der Waals surface area contributed by atoms with E-state index in [1.165, 1.54) is 12.8 Å². The summed E-state index contributed by atoms with van der Waals surface area (Å²) in [6, 6.07) is 3.70. The highest BCUT2D eigenvalue weighted by Gasteiger charge is 2.27. The summed E-state index contributed by atoms with van der Waals surface area (Å²) >= 11 is 0. The summed E-state index contributed by atoms with van der Waals surface area (Å²) in [6.07, 6.45) is 4.03. The van der Waals surface area contributed by atoms with Crippen LogP contribution in [0.3, 0.4) is 0 Å². The first-order valence-electron chi connectivity index (χ1n) is 7.58. The molecule has 0 amide bonds. The second kappa shape index (κ2) is 7.03. The van der Waals surface area contributed by atoms with Crippen molar-refractivity contribution in [1.29, 1.82) is 0 Å². The molecule has 0 radical (unpaired) electrons. The zero-order valence-corrected chi connectivity index (χ0v) is 13.4. The maximum Gasteiger partial charge on any atom is 0.203 e. The minimum Gasteiger partial charge on any atom is -0.493 e. The van der Waals surface area contributed by atoms with Gasteiger partial charge < -0.3 is 19.3 Å². The smallest absolute Gasteiger partial charge is 0.203 e. The SMILES string of the molecule is COc1cc(C(O)C2CCC(C)CC2)cc(OC)c1OC. The Hall–Kier alpha value is -1.42. The molecule has 1 aliphatic carbocycles. The van der Waals surface area contributed by atoms with E-state index in [1.54, 1.807) is 21.3 Å². The molecule has 0 aliphatic heterocycles. The van der Waals surface area contributed by atoms with E-state index in [0.717, 1.165) is 24.3 Å². The lowest BCUT2D eigenvalue weighted by atomic mass is 9.78. The fourth-order valence-corrected chi connectivity index (χ4v) is 3.15. The lowest BCUT2D eigenvalue weighted by Gasteiger charge is -2.30. The van der Waals surface area contributed by atoms with E-state index in [0.29, 0.717) is 23.2 Å². The van der Waals surface area contributed by atoms with Crippen molar-refractivity contribution >= 4 is 0 Å². The first-order valence-corrected chi connectivity index (χ1v) is 7.58. The van der Waals surface area contributed by atoms with Gasteiger partial charge in [-0.25, -0.2) is 0 Å². The van der Waals surface area contributed by atoms with Crippen molar-refractivity contribution in [3.63, 3.8) is 0 Å². The second-order valence-electron chi connectivity index (χ2n) is 5.92. The maximum absolute atomic E-state index is 10.7. The molecule has 1 atom stereocenters. The molecular weight excluding hydrogens is 268 g/mol. The third-order valence-electron chi connectivity index (χ3n) is 4.54. The molecule has 1 aromatic carbocycles. The Bertz CT molecular complexity index is 439. The van der Waals surface area contributed by atoms with Crippen LogP contribution in [0.2, 0.25) is 0 Å². The van der Waals surface area contributed by atoms with Gasteiger partial charge in [0.25, 0.3) is 0 Å². The molecule has 0 bridgehead atoms. The molecule has 0 spiro atoms. The van der Waals surface area contributed by atoms with E-state index >= 15 is 0 Å². The average Bonchev–Trinajstić information content (AvgIpc) is 2.53. The van der Waals surface area contributed by atoms with E-state index in [1.807, 2.05) is 12.1 Å². The summed E-state index contributed by atoms with van der Waals surface area (Å²) in [5, 5.41) is 10.7. The predicted molar refractivity (Wildman–Crippen MR) is 82.2 cm³/mol. The van der Waals surface area contributed by atoms with Crippen molar-refractivity contribution in [2.75, 3.05) is 21.3 Å². The number of aliphatic hydroxyl groups excluding tert-OH is 1. The van der Waals surface area contributed by atoms with Crippen LogP contribution in [-0.2, 0) is 0 Å². The topological polar surface area (TPSA) is 47.9 Å². The average molecular weight is 294 g/mol. The normalized spacial score (nSPS) is 23.5. The van der Waals surface area contributed by atoms with Gasteiger partial charge in [-0.1, -0.05) is 19.8 Å². The highest BCUT2D eigenvalue weighted by molar-refractivity contribution is 5.54. The minimum absolute atomic E-state index is 0.309. The lowest BCUT2D eigenvalue weighted by Crippen LogP contribution is -2.19. The Balaban J connectivity index is 2.26. The van der Waals surface area contributed by atoms with Gasteiger partial charge in [0, 0.05) is 0 Å². The molecular formula is C17H26O4. The largest absolute Gasteiger partial charge is 0.493 e. The maximum atomic E-state index is 10.7. The second-order valence-corrected chi connectivity index (χ2v) is 5.92. The summed E-state index contributed by atoms with van der Waals surface area (Å²) in [5.74, 6) is 2.83. The molecule has 118 valence electrons. The molecule has 1 unspecified atom stereocenters. The zero-order valence-electron chi connectivity index (χ0n) is 13.4. The Labute approximate surface area is 127 Å². The number of hydrogen-bond acceptors (Lipinski definition) is 4. The third kappa shape index (κ3) is 3.43. The fraction of sp³-hybridized carbons (Fsp3) is 0.647. The van der Waals surface area contributed by atoms with Crippen LogP contribution >= 0.6 is 0 Å². The quantitative estimate of drug-likeness (QED) is 0.902. The molecule has 0 heterocycles. The molecule has 0 saturated heterocycles. The first-order chi connectivity index (χ1) is 10.1. The molecule has 4 nitrogen and oxygen atoms in total. The van der Waals surface area contributed by atoms with Crippen LogP contribution in [0.1, 0.15) is 44.3 Å². The van der Waals surface area contributed by atoms with Crippen molar-refractivity contribution < 1.29 is 19.3 Å². The van der Waals surface area contributed by atoms with Crippen molar-refractivity contribution in [1.82, 2.24) is 0 Å². The van der Waals surface area contributed by atoms with Gasteiger partial charge in [-0.15, -0.1) is 0 Å². The fourth-order valence-electron chi connectivity index (χ4n) is 3.15. The van der Waals surface area contributed by atoms with Gasteiger partial charge in [-0.05, 0) is 42.4 Å². The predicted octanol–water partition coefficient (Wildman–Crippen LogP) is 3.57. The highest BCUT2D eigenvalue weighted by atomic mass is 16.5. The zero-order chi connectivity index (χ0) is 15.4. The van der Waals surface area contributed by atoms with E-state index < -0.39 is 6.10 Å². The summed E-state index contributed by atoms with van der Waals surface area (Å²) in [5.41, 5.74) is 0.837. The number of rotatable bonds is 5. The molecule has 1 aliphatic rings. The van der Waals surface area contributed by atoms with Crippen LogP contribution in [0.25, 0.3) is 0 Å². The van der Waals surface area contributed by atoms with Crippen molar-refractivity contribution in [3.05, 3.63) is 17.7 Å². The van der Waals surface area contributed by atoms with Gasteiger partial charge in [0.15, 0.2) is 11.5 Å². The van der Waals surface area contributed by atoms with E-state index in [9.17, 15) is 5.11 Å². The summed E-state index contributed by atoms with van der Waals surface area (Å²) in [4.78, 5) is 0. The Kier molecular flexibility index (Phi) is 5.34. The van der Waals surface area contributed by atoms with Crippen molar-refractivity contribution in [2.24, 2.45) is 11.8 Å². The Morgan fingerprint density at radius 1 is 0.952 bits per heavy atom. The van der Waals surface area contributed by atoms with Crippen LogP contribution < -0.4 is 14.2 Å². The molecule has 1 saturated carbocycles. The Morgan fingerprint density at radius 2 is 1.48 bits per heavy atom. The van der Waals surface area contributed by atoms with Gasteiger partial charge in [-0.2, -0.15) is 0 Å². The van der Waals surface area contributed by atoms with E-state index in [-0.39, 0.29) is 0 Å². The van der Waals surface area contributed by atoms with Crippen LogP contribution in [0.5, 0.6) is 17.2 Å². The van der Waals surface area contributed by atoms with Gasteiger partial charge in [0.1, 0.15) is 0 Å². The molecule has 21 heavy (non-hydrogen) atoms. The van der Waals surface area contributed by atoms with Crippen molar-refractivity contribution in [2.45, 2.75) is 38.7 Å². The molecule has 0 aromatic heterocycles. The molecule has 4 heteroatoms. The van der Waals surface area contributed by atoms with Crippen LogP contribution in [-0.4, -0.2) is 26.4 Å². The van der Waals surface area contributed by atoms with Crippen LogP contribution in [0, 0.1) is 11.8 Å². The first kappa shape index (κ1) is 16.0. The molecule has 1 N–H and O–H groups in total. The monoisotopic (exact) mass is 294 g/mol. The van der Waals surface area contributed by atoms with E-state index in [2.05, 4.69) is 6.92 Å². The Morgan fingerprint density at radius 3 is 1.90 bits per heavy atom. The van der Waals surface area contributed by atoms with Gasteiger partial charge in [0.2, 0.25) is 5.75 Å². The van der Waals surface area contributed by atoms with Gasteiger partial charge >= 0.3 is 0 Å². The highest BCUT2D eigenvalue weighted by Crippen LogP contribution is 2.43. The number of benzene rings is 1. The minimum atomic E-state index is -0.480. The number of methoxy groups -OCH3 is 3. The molecule has 1 aromatic rings. The van der Waals surface area contributed by atoms with E-state index in [4.69, 9.17) is 14.2 Å². The number of aliphatic hydroxyl groups is 1.